The molecule has 0 radical (unpaired) electrons. The van der Waals surface area contributed by atoms with Crippen molar-refractivity contribution in [2.75, 3.05) is 13.1 Å². The van der Waals surface area contributed by atoms with Gasteiger partial charge in [0.05, 0.1) is 5.69 Å². The van der Waals surface area contributed by atoms with Crippen molar-refractivity contribution >= 4 is 0 Å². The van der Waals surface area contributed by atoms with E-state index in [1.54, 1.807) is 0 Å². The van der Waals surface area contributed by atoms with E-state index in [1.807, 2.05) is 13.8 Å². The molecule has 1 saturated heterocycles. The second kappa shape index (κ2) is 5.25. The molecule has 0 aromatic carbocycles. The first-order chi connectivity index (χ1) is 8.85. The van der Waals surface area contributed by atoms with Crippen LogP contribution in [0.3, 0.4) is 0 Å². The van der Waals surface area contributed by atoms with E-state index in [2.05, 4.69) is 43.1 Å². The van der Waals surface area contributed by atoms with E-state index in [0.29, 0.717) is 12.1 Å². The highest BCUT2D eigenvalue weighted by Gasteiger charge is 2.36. The van der Waals surface area contributed by atoms with E-state index in [4.69, 9.17) is 4.52 Å². The van der Waals surface area contributed by atoms with Crippen molar-refractivity contribution in [3.8, 4) is 0 Å². The van der Waals surface area contributed by atoms with Crippen LogP contribution in [-0.4, -0.2) is 34.7 Å². The zero-order valence-electron chi connectivity index (χ0n) is 13.1. The van der Waals surface area contributed by atoms with Gasteiger partial charge in [-0.1, -0.05) is 12.1 Å². The van der Waals surface area contributed by atoms with Crippen molar-refractivity contribution in [1.82, 2.24) is 15.4 Å². The minimum Gasteiger partial charge on any atom is -0.361 e. The van der Waals surface area contributed by atoms with Crippen LogP contribution < -0.4 is 5.32 Å². The Morgan fingerprint density at radius 2 is 2.16 bits per heavy atom. The maximum absolute atomic E-state index is 5.34. The molecule has 19 heavy (non-hydrogen) atoms. The van der Waals surface area contributed by atoms with Gasteiger partial charge < -0.3 is 9.84 Å². The molecule has 0 spiro atoms. The number of rotatable bonds is 3. The van der Waals surface area contributed by atoms with Crippen LogP contribution in [0.25, 0.3) is 0 Å². The van der Waals surface area contributed by atoms with E-state index in [0.717, 1.165) is 31.0 Å². The minimum atomic E-state index is 0.166. The van der Waals surface area contributed by atoms with Crippen LogP contribution in [0, 0.1) is 13.8 Å². The van der Waals surface area contributed by atoms with Crippen molar-refractivity contribution in [2.45, 2.75) is 65.6 Å². The highest BCUT2D eigenvalue weighted by molar-refractivity contribution is 5.25. The zero-order chi connectivity index (χ0) is 14.2. The first kappa shape index (κ1) is 14.5. The van der Waals surface area contributed by atoms with Crippen LogP contribution in [0.1, 0.15) is 57.2 Å². The minimum absolute atomic E-state index is 0.166. The third kappa shape index (κ3) is 2.84. The Balaban J connectivity index is 2.27. The highest BCUT2D eigenvalue weighted by atomic mass is 16.5. The lowest BCUT2D eigenvalue weighted by Crippen LogP contribution is -2.61. The molecule has 2 rings (SSSR count). The van der Waals surface area contributed by atoms with Crippen LogP contribution in [0.4, 0.5) is 0 Å². The van der Waals surface area contributed by atoms with Crippen molar-refractivity contribution in [3.63, 3.8) is 0 Å². The monoisotopic (exact) mass is 265 g/mol. The second-order valence-electron chi connectivity index (χ2n) is 6.41. The molecular weight excluding hydrogens is 238 g/mol. The summed E-state index contributed by atoms with van der Waals surface area (Å²) in [6, 6.07) is 0.939. The average molecular weight is 265 g/mol. The van der Waals surface area contributed by atoms with Gasteiger partial charge in [-0.05, 0) is 41.0 Å². The number of piperazine rings is 1. The quantitative estimate of drug-likeness (QED) is 0.912. The molecule has 0 bridgehead atoms. The van der Waals surface area contributed by atoms with Gasteiger partial charge in [0.25, 0.3) is 0 Å². The molecule has 1 aliphatic heterocycles. The Hall–Kier alpha value is -0.870. The molecule has 0 saturated carbocycles. The first-order valence-electron chi connectivity index (χ1n) is 7.29. The topological polar surface area (TPSA) is 41.3 Å². The number of aryl methyl sites for hydroxylation is 2. The lowest BCUT2D eigenvalue weighted by Gasteiger charge is -2.47. The van der Waals surface area contributed by atoms with E-state index >= 15 is 0 Å². The molecule has 2 heterocycles. The van der Waals surface area contributed by atoms with Gasteiger partial charge in [0, 0.05) is 36.3 Å². The summed E-state index contributed by atoms with van der Waals surface area (Å²) in [7, 11) is 0. The first-order valence-corrected chi connectivity index (χ1v) is 7.29. The summed E-state index contributed by atoms with van der Waals surface area (Å²) in [5, 5.41) is 7.74. The summed E-state index contributed by atoms with van der Waals surface area (Å²) in [4.78, 5) is 2.60. The van der Waals surface area contributed by atoms with Crippen LogP contribution >= 0.6 is 0 Å². The van der Waals surface area contributed by atoms with Gasteiger partial charge in [-0.3, -0.25) is 4.90 Å². The van der Waals surface area contributed by atoms with Gasteiger partial charge in [0.15, 0.2) is 0 Å². The third-order valence-corrected chi connectivity index (χ3v) is 4.34. The van der Waals surface area contributed by atoms with E-state index in [9.17, 15) is 0 Å². The largest absolute Gasteiger partial charge is 0.361 e. The fraction of sp³-hybridized carbons (Fsp3) is 0.800. The Kier molecular flexibility index (Phi) is 4.02. The van der Waals surface area contributed by atoms with Gasteiger partial charge in [-0.15, -0.1) is 0 Å². The molecule has 2 unspecified atom stereocenters. The fourth-order valence-electron chi connectivity index (χ4n) is 3.24. The van der Waals surface area contributed by atoms with Gasteiger partial charge in [-0.25, -0.2) is 0 Å². The summed E-state index contributed by atoms with van der Waals surface area (Å²) in [5.74, 6) is 0.955. The Bertz CT molecular complexity index is 419. The van der Waals surface area contributed by atoms with Gasteiger partial charge in [0.1, 0.15) is 5.76 Å². The summed E-state index contributed by atoms with van der Waals surface area (Å²) < 4.78 is 5.34. The SMILES string of the molecule is CCC1CNC(C)(C)CN1C(C)c1c(C)noc1C. The van der Waals surface area contributed by atoms with Crippen molar-refractivity contribution in [1.29, 1.82) is 0 Å². The molecule has 108 valence electrons. The number of hydrogen-bond acceptors (Lipinski definition) is 4. The van der Waals surface area contributed by atoms with Gasteiger partial charge >= 0.3 is 0 Å². The van der Waals surface area contributed by atoms with E-state index < -0.39 is 0 Å². The molecule has 0 aliphatic carbocycles. The molecule has 2 atom stereocenters. The summed E-state index contributed by atoms with van der Waals surface area (Å²) in [6.07, 6.45) is 1.16. The standard InChI is InChI=1S/C15H27N3O/c1-7-13-8-16-15(5,6)9-18(13)11(3)14-10(2)17-19-12(14)4/h11,13,16H,7-9H2,1-6H3. The second-order valence-corrected chi connectivity index (χ2v) is 6.41. The number of aromatic nitrogens is 1. The average Bonchev–Trinajstić information content (AvgIpc) is 2.67. The van der Waals surface area contributed by atoms with Crippen LogP contribution in [0.15, 0.2) is 4.52 Å². The lowest BCUT2D eigenvalue weighted by molar-refractivity contribution is 0.0573. The smallest absolute Gasteiger partial charge is 0.138 e. The molecule has 1 N–H and O–H groups in total. The van der Waals surface area contributed by atoms with Gasteiger partial charge in [-0.2, -0.15) is 0 Å². The Morgan fingerprint density at radius 1 is 1.47 bits per heavy atom. The molecular formula is C15H27N3O. The highest BCUT2D eigenvalue weighted by Crippen LogP contribution is 2.31. The lowest BCUT2D eigenvalue weighted by atomic mass is 9.93. The molecule has 1 aliphatic rings. The number of hydrogen-bond donors (Lipinski definition) is 1. The molecule has 0 amide bonds. The summed E-state index contributed by atoms with van der Waals surface area (Å²) >= 11 is 0. The maximum atomic E-state index is 5.34. The fourth-order valence-corrected chi connectivity index (χ4v) is 3.24. The predicted octanol–water partition coefficient (Wildman–Crippen LogP) is 2.81. The van der Waals surface area contributed by atoms with Crippen molar-refractivity contribution < 1.29 is 4.52 Å². The summed E-state index contributed by atoms with van der Waals surface area (Å²) in [6.45, 7) is 15.2. The van der Waals surface area contributed by atoms with Crippen LogP contribution in [0.2, 0.25) is 0 Å². The zero-order valence-corrected chi connectivity index (χ0v) is 13.1. The van der Waals surface area contributed by atoms with Gasteiger partial charge in [0.2, 0.25) is 0 Å². The van der Waals surface area contributed by atoms with E-state index in [-0.39, 0.29) is 5.54 Å². The summed E-state index contributed by atoms with van der Waals surface area (Å²) in [5.41, 5.74) is 2.45. The van der Waals surface area contributed by atoms with E-state index in [1.165, 1.54) is 5.56 Å². The van der Waals surface area contributed by atoms with Crippen molar-refractivity contribution in [3.05, 3.63) is 17.0 Å². The maximum Gasteiger partial charge on any atom is 0.138 e. The van der Waals surface area contributed by atoms with Crippen molar-refractivity contribution in [2.24, 2.45) is 0 Å². The molecule has 4 nitrogen and oxygen atoms in total. The molecule has 4 heteroatoms. The molecule has 1 aromatic rings. The third-order valence-electron chi connectivity index (χ3n) is 4.34. The Labute approximate surface area is 116 Å². The Morgan fingerprint density at radius 3 is 2.68 bits per heavy atom. The predicted molar refractivity (Wildman–Crippen MR) is 77.3 cm³/mol. The van der Waals surface area contributed by atoms with Crippen LogP contribution in [-0.2, 0) is 0 Å². The van der Waals surface area contributed by atoms with Crippen LogP contribution in [0.5, 0.6) is 0 Å². The molecule has 1 aromatic heterocycles. The number of nitrogens with one attached hydrogen (secondary N) is 1. The molecule has 1 fully saturated rings. The normalized spacial score (nSPS) is 25.5. The number of nitrogens with zero attached hydrogens (tertiary/aromatic N) is 2.